The van der Waals surface area contributed by atoms with Gasteiger partial charge in [0.2, 0.25) is 0 Å². The van der Waals surface area contributed by atoms with Crippen molar-refractivity contribution in [3.8, 4) is 0 Å². The molecular weight excluding hydrogens is 206 g/mol. The highest BCUT2D eigenvalue weighted by atomic mass is 32.2. The van der Waals surface area contributed by atoms with Crippen LogP contribution in [0, 0.1) is 6.92 Å². The van der Waals surface area contributed by atoms with Gasteiger partial charge < -0.3 is 5.73 Å². The molecule has 0 aromatic carbocycles. The zero-order valence-electron chi connectivity index (χ0n) is 7.84. The quantitative estimate of drug-likeness (QED) is 0.697. The van der Waals surface area contributed by atoms with Crippen LogP contribution in [0.1, 0.15) is 12.0 Å². The molecule has 80 valence electrons. The third-order valence-corrected chi connectivity index (χ3v) is 2.58. The van der Waals surface area contributed by atoms with Gasteiger partial charge in [0.15, 0.2) is 0 Å². The summed E-state index contributed by atoms with van der Waals surface area (Å²) >= 11 is 0. The van der Waals surface area contributed by atoms with E-state index in [9.17, 15) is 8.42 Å². The summed E-state index contributed by atoms with van der Waals surface area (Å²) in [6, 6.07) is 0. The molecule has 1 aromatic rings. The molecule has 1 heterocycles. The zero-order chi connectivity index (χ0) is 10.8. The number of hydrogen-bond acceptors (Lipinski definition) is 4. The van der Waals surface area contributed by atoms with Crippen molar-refractivity contribution in [2.24, 2.45) is 0 Å². The number of rotatable bonds is 4. The van der Waals surface area contributed by atoms with E-state index in [0.29, 0.717) is 18.8 Å². The Labute approximate surface area is 82.5 Å². The van der Waals surface area contributed by atoms with Gasteiger partial charge in [0.1, 0.15) is 5.82 Å². The van der Waals surface area contributed by atoms with Crippen LogP contribution in [-0.4, -0.2) is 28.5 Å². The molecule has 0 aliphatic heterocycles. The largest absolute Gasteiger partial charge is 0.382 e. The summed E-state index contributed by atoms with van der Waals surface area (Å²) in [6.45, 7) is 2.25. The van der Waals surface area contributed by atoms with Crippen molar-refractivity contribution in [1.82, 2.24) is 9.78 Å². The predicted molar refractivity (Wildman–Crippen MR) is 52.4 cm³/mol. The predicted octanol–water partition coefficient (Wildman–Crippen LogP) is 0.0516. The summed E-state index contributed by atoms with van der Waals surface area (Å²) in [5.41, 5.74) is 6.36. The third kappa shape index (κ3) is 3.35. The molecule has 0 saturated heterocycles. The lowest BCUT2D eigenvalue weighted by atomic mass is 10.4. The van der Waals surface area contributed by atoms with Crippen LogP contribution < -0.4 is 5.73 Å². The average Bonchev–Trinajstić information content (AvgIpc) is 2.28. The van der Waals surface area contributed by atoms with Crippen molar-refractivity contribution < 1.29 is 13.0 Å². The van der Waals surface area contributed by atoms with E-state index in [1.807, 2.05) is 6.92 Å². The number of nitrogen functional groups attached to an aromatic ring is 1. The Balaban J connectivity index is 2.47. The van der Waals surface area contributed by atoms with Gasteiger partial charge in [0.05, 0.1) is 5.75 Å². The van der Waals surface area contributed by atoms with E-state index in [1.165, 1.54) is 0 Å². The van der Waals surface area contributed by atoms with Gasteiger partial charge in [-0.05, 0) is 13.3 Å². The number of hydrogen-bond donors (Lipinski definition) is 2. The standard InChI is InChI=1S/C7H13N3O3S/c1-6-5-10(9-7(6)8)3-2-4-14(11,12)13/h5H,2-4H2,1H3,(H2,8,9)(H,11,12,13). The van der Waals surface area contributed by atoms with Crippen molar-refractivity contribution in [3.05, 3.63) is 11.8 Å². The molecule has 7 heteroatoms. The Morgan fingerprint density at radius 3 is 2.71 bits per heavy atom. The molecule has 0 bridgehead atoms. The lowest BCUT2D eigenvalue weighted by molar-refractivity contribution is 0.476. The fourth-order valence-corrected chi connectivity index (χ4v) is 1.55. The maximum Gasteiger partial charge on any atom is 0.264 e. The second-order valence-corrected chi connectivity index (χ2v) is 4.67. The summed E-state index contributed by atoms with van der Waals surface area (Å²) in [5, 5.41) is 3.95. The molecule has 14 heavy (non-hydrogen) atoms. The summed E-state index contributed by atoms with van der Waals surface area (Å²) in [4.78, 5) is 0. The summed E-state index contributed by atoms with van der Waals surface area (Å²) in [6.07, 6.45) is 2.05. The van der Waals surface area contributed by atoms with E-state index in [2.05, 4.69) is 5.10 Å². The van der Waals surface area contributed by atoms with Crippen molar-refractivity contribution in [3.63, 3.8) is 0 Å². The Kier molecular flexibility index (Phi) is 3.12. The van der Waals surface area contributed by atoms with E-state index in [-0.39, 0.29) is 5.75 Å². The number of nitrogens with two attached hydrogens (primary N) is 1. The van der Waals surface area contributed by atoms with Gasteiger partial charge >= 0.3 is 0 Å². The average molecular weight is 219 g/mol. The minimum atomic E-state index is -3.87. The normalized spacial score (nSPS) is 11.9. The second kappa shape index (κ2) is 3.97. The minimum absolute atomic E-state index is 0.258. The fraction of sp³-hybridized carbons (Fsp3) is 0.571. The van der Waals surface area contributed by atoms with E-state index in [0.717, 1.165) is 5.56 Å². The van der Waals surface area contributed by atoms with Crippen LogP contribution in [0.5, 0.6) is 0 Å². The van der Waals surface area contributed by atoms with Gasteiger partial charge in [-0.3, -0.25) is 9.23 Å². The molecular formula is C7H13N3O3S. The summed E-state index contributed by atoms with van der Waals surface area (Å²) < 4.78 is 30.8. The van der Waals surface area contributed by atoms with Crippen molar-refractivity contribution >= 4 is 15.9 Å². The van der Waals surface area contributed by atoms with Gasteiger partial charge in [0.25, 0.3) is 10.1 Å². The first-order chi connectivity index (χ1) is 6.38. The minimum Gasteiger partial charge on any atom is -0.382 e. The topological polar surface area (TPSA) is 98.2 Å². The molecule has 0 atom stereocenters. The van der Waals surface area contributed by atoms with Gasteiger partial charge in [-0.1, -0.05) is 0 Å². The molecule has 0 fully saturated rings. The Morgan fingerprint density at radius 1 is 1.64 bits per heavy atom. The molecule has 0 radical (unpaired) electrons. The van der Waals surface area contributed by atoms with Crippen LogP contribution in [0.15, 0.2) is 6.20 Å². The maximum atomic E-state index is 10.4. The number of nitrogens with zero attached hydrogens (tertiary/aromatic N) is 2. The van der Waals surface area contributed by atoms with Crippen molar-refractivity contribution in [2.45, 2.75) is 19.9 Å². The lowest BCUT2D eigenvalue weighted by Gasteiger charge is -1.98. The SMILES string of the molecule is Cc1cn(CCCS(=O)(=O)O)nc1N. The van der Waals surface area contributed by atoms with Crippen LogP contribution in [-0.2, 0) is 16.7 Å². The van der Waals surface area contributed by atoms with Gasteiger partial charge in [-0.15, -0.1) is 0 Å². The van der Waals surface area contributed by atoms with Crippen LogP contribution in [0.3, 0.4) is 0 Å². The maximum absolute atomic E-state index is 10.4. The first-order valence-electron chi connectivity index (χ1n) is 4.13. The van der Waals surface area contributed by atoms with E-state index in [4.69, 9.17) is 10.3 Å². The summed E-state index contributed by atoms with van der Waals surface area (Å²) in [5.74, 6) is 0.183. The fourth-order valence-electron chi connectivity index (χ4n) is 1.06. The molecule has 0 aliphatic rings. The molecule has 0 amide bonds. The highest BCUT2D eigenvalue weighted by Gasteiger charge is 2.05. The highest BCUT2D eigenvalue weighted by molar-refractivity contribution is 7.85. The van der Waals surface area contributed by atoms with E-state index >= 15 is 0 Å². The molecule has 1 rings (SSSR count). The number of aryl methyl sites for hydroxylation is 2. The Hall–Kier alpha value is -1.08. The first kappa shape index (κ1) is 11.0. The van der Waals surface area contributed by atoms with Crippen molar-refractivity contribution in [1.29, 1.82) is 0 Å². The Bertz CT molecular complexity index is 390. The highest BCUT2D eigenvalue weighted by Crippen LogP contribution is 2.06. The zero-order valence-corrected chi connectivity index (χ0v) is 8.66. The molecule has 1 aromatic heterocycles. The second-order valence-electron chi connectivity index (χ2n) is 3.10. The van der Waals surface area contributed by atoms with Crippen LogP contribution in [0.2, 0.25) is 0 Å². The number of anilines is 1. The molecule has 3 N–H and O–H groups in total. The first-order valence-corrected chi connectivity index (χ1v) is 5.74. The van der Waals surface area contributed by atoms with E-state index in [1.54, 1.807) is 10.9 Å². The van der Waals surface area contributed by atoms with Crippen molar-refractivity contribution in [2.75, 3.05) is 11.5 Å². The number of aromatic nitrogens is 2. The van der Waals surface area contributed by atoms with Crippen LogP contribution >= 0.6 is 0 Å². The van der Waals surface area contributed by atoms with Crippen LogP contribution in [0.25, 0.3) is 0 Å². The van der Waals surface area contributed by atoms with Crippen LogP contribution in [0.4, 0.5) is 5.82 Å². The molecule has 0 aliphatic carbocycles. The van der Waals surface area contributed by atoms with Gasteiger partial charge in [0, 0.05) is 18.3 Å². The van der Waals surface area contributed by atoms with Gasteiger partial charge in [-0.25, -0.2) is 0 Å². The lowest BCUT2D eigenvalue weighted by Crippen LogP contribution is -2.08. The Morgan fingerprint density at radius 2 is 2.29 bits per heavy atom. The molecule has 0 saturated carbocycles. The molecule has 0 spiro atoms. The summed E-state index contributed by atoms with van der Waals surface area (Å²) in [7, 11) is -3.87. The monoisotopic (exact) mass is 219 g/mol. The third-order valence-electron chi connectivity index (χ3n) is 1.77. The molecule has 6 nitrogen and oxygen atoms in total. The van der Waals surface area contributed by atoms with Gasteiger partial charge in [-0.2, -0.15) is 13.5 Å². The molecule has 0 unspecified atom stereocenters. The smallest absolute Gasteiger partial charge is 0.264 e. The van der Waals surface area contributed by atoms with E-state index < -0.39 is 10.1 Å².